The Morgan fingerprint density at radius 3 is 2.44 bits per heavy atom. The third-order valence-electron chi connectivity index (χ3n) is 2.70. The highest BCUT2D eigenvalue weighted by atomic mass is 16.5. The molecule has 2 aromatic rings. The average Bonchev–Trinajstić information content (AvgIpc) is 2.46. The maximum absolute atomic E-state index is 12.2. The van der Waals surface area contributed by atoms with Crippen LogP contribution in [0.15, 0.2) is 36.7 Å². The molecule has 92 valence electrons. The van der Waals surface area contributed by atoms with E-state index in [1.807, 2.05) is 12.1 Å². The first-order chi connectivity index (χ1) is 8.76. The van der Waals surface area contributed by atoms with Crippen molar-refractivity contribution in [3.63, 3.8) is 0 Å². The van der Waals surface area contributed by atoms with Crippen LogP contribution in [-0.2, 0) is 6.42 Å². The van der Waals surface area contributed by atoms with Gasteiger partial charge in [-0.25, -0.2) is 9.97 Å². The molecule has 0 aliphatic rings. The summed E-state index contributed by atoms with van der Waals surface area (Å²) >= 11 is 0. The number of nitrogens with zero attached hydrogens (tertiary/aromatic N) is 2. The highest BCUT2D eigenvalue weighted by Crippen LogP contribution is 2.16. The Balaban J connectivity index is 2.35. The lowest BCUT2D eigenvalue weighted by atomic mass is 10.1. The highest BCUT2D eigenvalue weighted by molar-refractivity contribution is 6.09. The molecule has 0 atom stereocenters. The zero-order valence-corrected chi connectivity index (χ0v) is 10.4. The summed E-state index contributed by atoms with van der Waals surface area (Å²) in [5.41, 5.74) is 2.02. The number of methoxy groups -OCH3 is 1. The van der Waals surface area contributed by atoms with Gasteiger partial charge >= 0.3 is 0 Å². The van der Waals surface area contributed by atoms with Crippen molar-refractivity contribution < 1.29 is 9.53 Å². The van der Waals surface area contributed by atoms with Gasteiger partial charge in [0.2, 0.25) is 11.7 Å². The van der Waals surface area contributed by atoms with Crippen molar-refractivity contribution in [2.75, 3.05) is 7.11 Å². The number of hydrogen-bond donors (Lipinski definition) is 0. The number of ketones is 1. The molecule has 1 aromatic heterocycles. The number of ether oxygens (including phenoxy) is 1. The molecule has 0 spiro atoms. The van der Waals surface area contributed by atoms with E-state index in [1.165, 1.54) is 25.1 Å². The smallest absolute Gasteiger partial charge is 0.243 e. The second kappa shape index (κ2) is 5.40. The SMILES string of the molecule is CCc1ccc(C(=O)c2nccnc2OC)cc1. The summed E-state index contributed by atoms with van der Waals surface area (Å²) in [6.07, 6.45) is 3.93. The zero-order valence-electron chi connectivity index (χ0n) is 10.4. The maximum Gasteiger partial charge on any atom is 0.243 e. The summed E-state index contributed by atoms with van der Waals surface area (Å²) in [7, 11) is 1.47. The first-order valence-corrected chi connectivity index (χ1v) is 5.75. The zero-order chi connectivity index (χ0) is 13.0. The van der Waals surface area contributed by atoms with Gasteiger partial charge in [0, 0.05) is 18.0 Å². The monoisotopic (exact) mass is 242 g/mol. The third kappa shape index (κ3) is 2.37. The van der Waals surface area contributed by atoms with Crippen LogP contribution in [0.4, 0.5) is 0 Å². The Labute approximate surface area is 106 Å². The van der Waals surface area contributed by atoms with Crippen LogP contribution < -0.4 is 4.74 Å². The van der Waals surface area contributed by atoms with Crippen LogP contribution >= 0.6 is 0 Å². The van der Waals surface area contributed by atoms with Crippen molar-refractivity contribution >= 4 is 5.78 Å². The number of aromatic nitrogens is 2. The van der Waals surface area contributed by atoms with Crippen LogP contribution in [0.1, 0.15) is 28.5 Å². The highest BCUT2D eigenvalue weighted by Gasteiger charge is 2.16. The van der Waals surface area contributed by atoms with Crippen LogP contribution in [0, 0.1) is 0 Å². The summed E-state index contributed by atoms with van der Waals surface area (Å²) < 4.78 is 5.04. The van der Waals surface area contributed by atoms with E-state index in [0.717, 1.165) is 6.42 Å². The van der Waals surface area contributed by atoms with Gasteiger partial charge in [-0.15, -0.1) is 0 Å². The molecule has 0 N–H and O–H groups in total. The number of aryl methyl sites for hydroxylation is 1. The molecule has 0 aliphatic heterocycles. The molecule has 0 saturated heterocycles. The Kier molecular flexibility index (Phi) is 3.67. The lowest BCUT2D eigenvalue weighted by Crippen LogP contribution is -2.07. The van der Waals surface area contributed by atoms with Crippen molar-refractivity contribution in [2.45, 2.75) is 13.3 Å². The van der Waals surface area contributed by atoms with Crippen molar-refractivity contribution in [3.05, 3.63) is 53.5 Å². The van der Waals surface area contributed by atoms with E-state index in [0.29, 0.717) is 5.56 Å². The van der Waals surface area contributed by atoms with Gasteiger partial charge in [0.15, 0.2) is 5.69 Å². The minimum atomic E-state index is -0.178. The van der Waals surface area contributed by atoms with E-state index in [1.54, 1.807) is 12.1 Å². The molecule has 4 nitrogen and oxygen atoms in total. The lowest BCUT2D eigenvalue weighted by molar-refractivity contribution is 0.103. The summed E-state index contributed by atoms with van der Waals surface area (Å²) in [4.78, 5) is 20.2. The molecule has 0 fully saturated rings. The maximum atomic E-state index is 12.2. The molecule has 0 unspecified atom stereocenters. The summed E-state index contributed by atoms with van der Waals surface area (Å²) in [5, 5.41) is 0. The third-order valence-corrected chi connectivity index (χ3v) is 2.70. The Morgan fingerprint density at radius 1 is 1.17 bits per heavy atom. The first-order valence-electron chi connectivity index (χ1n) is 5.75. The second-order valence-electron chi connectivity index (χ2n) is 3.79. The average molecular weight is 242 g/mol. The van der Waals surface area contributed by atoms with Crippen molar-refractivity contribution in [1.29, 1.82) is 0 Å². The Hall–Kier alpha value is -2.23. The van der Waals surface area contributed by atoms with Gasteiger partial charge in [0.25, 0.3) is 0 Å². The van der Waals surface area contributed by atoms with Crippen LogP contribution in [0.5, 0.6) is 5.88 Å². The molecular formula is C14H14N2O2. The Morgan fingerprint density at radius 2 is 1.83 bits per heavy atom. The number of carbonyl (C=O) groups excluding carboxylic acids is 1. The molecule has 0 radical (unpaired) electrons. The molecule has 2 rings (SSSR count). The molecule has 1 aromatic carbocycles. The van der Waals surface area contributed by atoms with E-state index in [-0.39, 0.29) is 17.4 Å². The van der Waals surface area contributed by atoms with E-state index in [2.05, 4.69) is 16.9 Å². The fourth-order valence-corrected chi connectivity index (χ4v) is 1.66. The lowest BCUT2D eigenvalue weighted by Gasteiger charge is -2.05. The molecular weight excluding hydrogens is 228 g/mol. The van der Waals surface area contributed by atoms with Gasteiger partial charge in [0.1, 0.15) is 0 Å². The first kappa shape index (κ1) is 12.2. The van der Waals surface area contributed by atoms with Crippen LogP contribution in [-0.4, -0.2) is 22.9 Å². The largest absolute Gasteiger partial charge is 0.479 e. The van der Waals surface area contributed by atoms with Gasteiger partial charge in [0.05, 0.1) is 7.11 Å². The van der Waals surface area contributed by atoms with Crippen molar-refractivity contribution in [2.24, 2.45) is 0 Å². The Bertz CT molecular complexity index is 550. The topological polar surface area (TPSA) is 52.1 Å². The molecule has 18 heavy (non-hydrogen) atoms. The quantitative estimate of drug-likeness (QED) is 0.772. The normalized spacial score (nSPS) is 10.1. The number of benzene rings is 1. The second-order valence-corrected chi connectivity index (χ2v) is 3.79. The van der Waals surface area contributed by atoms with Crippen LogP contribution in [0.3, 0.4) is 0 Å². The number of carbonyl (C=O) groups is 1. The summed E-state index contributed by atoms with van der Waals surface area (Å²) in [6.45, 7) is 2.07. The molecule has 0 aliphatic carbocycles. The van der Waals surface area contributed by atoms with Gasteiger partial charge in [-0.05, 0) is 12.0 Å². The van der Waals surface area contributed by atoms with Gasteiger partial charge < -0.3 is 4.74 Å². The van der Waals surface area contributed by atoms with E-state index in [4.69, 9.17) is 4.74 Å². The molecule has 0 bridgehead atoms. The molecule has 0 saturated carbocycles. The van der Waals surface area contributed by atoms with Crippen molar-refractivity contribution in [3.8, 4) is 5.88 Å². The van der Waals surface area contributed by atoms with Gasteiger partial charge in [-0.1, -0.05) is 31.2 Å². The van der Waals surface area contributed by atoms with E-state index in [9.17, 15) is 4.79 Å². The van der Waals surface area contributed by atoms with Crippen molar-refractivity contribution in [1.82, 2.24) is 9.97 Å². The standard InChI is InChI=1S/C14H14N2O2/c1-3-10-4-6-11(7-5-10)13(17)12-14(18-2)16-9-8-15-12/h4-9H,3H2,1-2H3. The summed E-state index contributed by atoms with van der Waals surface area (Å²) in [6, 6.07) is 7.48. The van der Waals surface area contributed by atoms with Crippen LogP contribution in [0.2, 0.25) is 0 Å². The van der Waals surface area contributed by atoms with Crippen LogP contribution in [0.25, 0.3) is 0 Å². The predicted octanol–water partition coefficient (Wildman–Crippen LogP) is 2.28. The molecule has 0 amide bonds. The fraction of sp³-hybridized carbons (Fsp3) is 0.214. The summed E-state index contributed by atoms with van der Waals surface area (Å²) in [5.74, 6) is 0.0738. The van der Waals surface area contributed by atoms with Gasteiger partial charge in [-0.3, -0.25) is 4.79 Å². The number of hydrogen-bond acceptors (Lipinski definition) is 4. The predicted molar refractivity (Wildman–Crippen MR) is 67.8 cm³/mol. The molecule has 4 heteroatoms. The van der Waals surface area contributed by atoms with Gasteiger partial charge in [-0.2, -0.15) is 0 Å². The van der Waals surface area contributed by atoms with E-state index < -0.39 is 0 Å². The van der Waals surface area contributed by atoms with E-state index >= 15 is 0 Å². The fourth-order valence-electron chi connectivity index (χ4n) is 1.66. The molecule has 1 heterocycles. The minimum absolute atomic E-state index is 0.178. The minimum Gasteiger partial charge on any atom is -0.479 e. The number of rotatable bonds is 4.